The van der Waals surface area contributed by atoms with E-state index in [1.54, 1.807) is 32.9 Å². The Hall–Kier alpha value is -1.46. The zero-order valence-corrected chi connectivity index (χ0v) is 13.5. The van der Waals surface area contributed by atoms with Crippen LogP contribution in [0.2, 0.25) is 10.0 Å². The lowest BCUT2D eigenvalue weighted by Crippen LogP contribution is -2.35. The molecule has 0 spiro atoms. The first kappa shape index (κ1) is 17.6. The minimum absolute atomic E-state index is 0.288. The number of hydrogen-bond acceptors (Lipinski definition) is 3. The number of aliphatic carboxylic acids is 1. The second kappa shape index (κ2) is 7.00. The maximum atomic E-state index is 11.8. The predicted molar refractivity (Wildman–Crippen MR) is 80.8 cm³/mol. The highest BCUT2D eigenvalue weighted by molar-refractivity contribution is 6.42. The Morgan fingerprint density at radius 1 is 1.29 bits per heavy atom. The molecule has 1 unspecified atom stereocenters. The van der Waals surface area contributed by atoms with Crippen molar-refractivity contribution in [3.8, 4) is 0 Å². The molecule has 1 aromatic rings. The van der Waals surface area contributed by atoms with E-state index in [-0.39, 0.29) is 11.4 Å². The van der Waals surface area contributed by atoms with Gasteiger partial charge in [0, 0.05) is 0 Å². The lowest BCUT2D eigenvalue weighted by molar-refractivity contribution is -0.137. The first-order chi connectivity index (χ1) is 9.58. The lowest BCUT2D eigenvalue weighted by atomic mass is 10.0. The Morgan fingerprint density at radius 2 is 1.90 bits per heavy atom. The van der Waals surface area contributed by atoms with E-state index in [2.05, 4.69) is 5.32 Å². The van der Waals surface area contributed by atoms with E-state index in [1.807, 2.05) is 0 Å². The number of ether oxygens (including phenoxy) is 1. The van der Waals surface area contributed by atoms with Crippen molar-refractivity contribution in [3.63, 3.8) is 0 Å². The number of carbonyl (C=O) groups is 2. The second-order valence-corrected chi connectivity index (χ2v) is 6.28. The molecule has 0 aromatic heterocycles. The quantitative estimate of drug-likeness (QED) is 0.871. The number of halogens is 2. The van der Waals surface area contributed by atoms with Crippen LogP contribution in [0.5, 0.6) is 0 Å². The van der Waals surface area contributed by atoms with Crippen molar-refractivity contribution >= 4 is 35.3 Å². The molecule has 1 rings (SSSR count). The van der Waals surface area contributed by atoms with Gasteiger partial charge in [-0.15, -0.1) is 0 Å². The van der Waals surface area contributed by atoms with Crippen molar-refractivity contribution in [3.05, 3.63) is 33.8 Å². The predicted octanol–water partition coefficient (Wildman–Crippen LogP) is 4.03. The van der Waals surface area contributed by atoms with E-state index in [1.165, 1.54) is 6.07 Å². The maximum Gasteiger partial charge on any atom is 0.408 e. The number of amides is 1. The largest absolute Gasteiger partial charge is 0.481 e. The molecule has 1 aromatic carbocycles. The SMILES string of the molecule is CC(C)(C)OC(=O)NC(CC(=O)O)c1ccc(Cl)c(Cl)c1. The molecule has 5 nitrogen and oxygen atoms in total. The highest BCUT2D eigenvalue weighted by Crippen LogP contribution is 2.27. The number of alkyl carbamates (subject to hydrolysis) is 1. The molecule has 0 aliphatic carbocycles. The van der Waals surface area contributed by atoms with Crippen LogP contribution in [0.25, 0.3) is 0 Å². The highest BCUT2D eigenvalue weighted by Gasteiger charge is 2.22. The number of carboxylic acid groups (broad SMARTS) is 1. The summed E-state index contributed by atoms with van der Waals surface area (Å²) in [6.07, 6.45) is -0.989. The maximum absolute atomic E-state index is 11.8. The van der Waals surface area contributed by atoms with Gasteiger partial charge in [0.15, 0.2) is 0 Å². The van der Waals surface area contributed by atoms with Gasteiger partial charge in [-0.1, -0.05) is 29.3 Å². The van der Waals surface area contributed by atoms with E-state index in [9.17, 15) is 9.59 Å². The molecule has 0 aliphatic rings. The Kier molecular flexibility index (Phi) is 5.87. The monoisotopic (exact) mass is 333 g/mol. The van der Waals surface area contributed by atoms with Gasteiger partial charge in [-0.2, -0.15) is 0 Å². The van der Waals surface area contributed by atoms with Gasteiger partial charge < -0.3 is 15.2 Å². The highest BCUT2D eigenvalue weighted by atomic mass is 35.5. The van der Waals surface area contributed by atoms with Gasteiger partial charge in [0.2, 0.25) is 0 Å². The Bertz CT molecular complexity index is 540. The van der Waals surface area contributed by atoms with Crippen molar-refractivity contribution in [2.24, 2.45) is 0 Å². The van der Waals surface area contributed by atoms with Gasteiger partial charge >= 0.3 is 12.1 Å². The van der Waals surface area contributed by atoms with E-state index in [0.717, 1.165) is 0 Å². The van der Waals surface area contributed by atoms with Crippen LogP contribution in [-0.2, 0) is 9.53 Å². The Labute approximate surface area is 133 Å². The molecule has 116 valence electrons. The van der Waals surface area contributed by atoms with Crippen LogP contribution in [0, 0.1) is 0 Å². The van der Waals surface area contributed by atoms with Gasteiger partial charge in [0.1, 0.15) is 5.60 Å². The molecule has 21 heavy (non-hydrogen) atoms. The lowest BCUT2D eigenvalue weighted by Gasteiger charge is -2.23. The summed E-state index contributed by atoms with van der Waals surface area (Å²) < 4.78 is 5.12. The Balaban J connectivity index is 2.92. The van der Waals surface area contributed by atoms with Crippen molar-refractivity contribution in [1.29, 1.82) is 0 Å². The third-order valence-corrected chi connectivity index (χ3v) is 3.15. The molecule has 0 saturated carbocycles. The van der Waals surface area contributed by atoms with Crippen molar-refractivity contribution in [1.82, 2.24) is 5.32 Å². The van der Waals surface area contributed by atoms with Crippen molar-refractivity contribution in [2.45, 2.75) is 38.8 Å². The van der Waals surface area contributed by atoms with E-state index in [0.29, 0.717) is 10.6 Å². The van der Waals surface area contributed by atoms with Gasteiger partial charge in [0.05, 0.1) is 22.5 Å². The van der Waals surface area contributed by atoms with Crippen molar-refractivity contribution < 1.29 is 19.4 Å². The fourth-order valence-electron chi connectivity index (χ4n) is 1.61. The van der Waals surface area contributed by atoms with E-state index >= 15 is 0 Å². The van der Waals surface area contributed by atoms with Crippen LogP contribution in [0.15, 0.2) is 18.2 Å². The molecule has 2 N–H and O–H groups in total. The topological polar surface area (TPSA) is 75.6 Å². The zero-order valence-electron chi connectivity index (χ0n) is 11.9. The summed E-state index contributed by atoms with van der Waals surface area (Å²) in [6.45, 7) is 5.16. The summed E-state index contributed by atoms with van der Waals surface area (Å²) in [5, 5.41) is 12.1. The summed E-state index contributed by atoms with van der Waals surface area (Å²) in [6, 6.07) is 3.92. The number of carboxylic acids is 1. The normalized spacial score (nSPS) is 12.6. The van der Waals surface area contributed by atoms with E-state index in [4.69, 9.17) is 33.0 Å². The molecule has 0 radical (unpaired) electrons. The zero-order chi connectivity index (χ0) is 16.2. The number of benzene rings is 1. The summed E-state index contributed by atoms with van der Waals surface area (Å²) >= 11 is 11.7. The molecule has 1 amide bonds. The summed E-state index contributed by atoms with van der Waals surface area (Å²) in [5.74, 6) is -1.05. The minimum atomic E-state index is -1.05. The Morgan fingerprint density at radius 3 is 2.38 bits per heavy atom. The van der Waals surface area contributed by atoms with Crippen LogP contribution in [-0.4, -0.2) is 22.8 Å². The number of carbonyl (C=O) groups excluding carboxylic acids is 1. The van der Waals surface area contributed by atoms with Gasteiger partial charge in [-0.3, -0.25) is 4.79 Å². The fraction of sp³-hybridized carbons (Fsp3) is 0.429. The van der Waals surface area contributed by atoms with Crippen LogP contribution < -0.4 is 5.32 Å². The fourth-order valence-corrected chi connectivity index (χ4v) is 1.91. The average molecular weight is 334 g/mol. The standard InChI is InChI=1S/C14H17Cl2NO4/c1-14(2,3)21-13(20)17-11(7-12(18)19)8-4-5-9(15)10(16)6-8/h4-6,11H,7H2,1-3H3,(H,17,20)(H,18,19). The van der Waals surface area contributed by atoms with E-state index < -0.39 is 23.7 Å². The van der Waals surface area contributed by atoms with Gasteiger partial charge in [0.25, 0.3) is 0 Å². The molecular weight excluding hydrogens is 317 g/mol. The van der Waals surface area contributed by atoms with Crippen LogP contribution in [0.4, 0.5) is 4.79 Å². The second-order valence-electron chi connectivity index (χ2n) is 5.47. The molecule has 0 aliphatic heterocycles. The number of rotatable bonds is 4. The average Bonchev–Trinajstić information content (AvgIpc) is 2.28. The number of hydrogen-bond donors (Lipinski definition) is 2. The molecule has 1 atom stereocenters. The molecular formula is C14H17Cl2NO4. The third kappa shape index (κ3) is 6.23. The van der Waals surface area contributed by atoms with Crippen LogP contribution >= 0.6 is 23.2 Å². The summed E-state index contributed by atoms with van der Waals surface area (Å²) in [5.41, 5.74) is -0.132. The summed E-state index contributed by atoms with van der Waals surface area (Å²) in [7, 11) is 0. The first-order valence-electron chi connectivity index (χ1n) is 6.25. The van der Waals surface area contributed by atoms with Gasteiger partial charge in [-0.25, -0.2) is 4.79 Å². The van der Waals surface area contributed by atoms with Crippen molar-refractivity contribution in [2.75, 3.05) is 0 Å². The smallest absolute Gasteiger partial charge is 0.408 e. The molecule has 0 bridgehead atoms. The third-order valence-electron chi connectivity index (χ3n) is 2.42. The first-order valence-corrected chi connectivity index (χ1v) is 7.00. The molecule has 0 heterocycles. The van der Waals surface area contributed by atoms with Crippen LogP contribution in [0.3, 0.4) is 0 Å². The molecule has 0 fully saturated rings. The minimum Gasteiger partial charge on any atom is -0.481 e. The summed E-state index contributed by atoms with van der Waals surface area (Å²) in [4.78, 5) is 22.7. The molecule has 7 heteroatoms. The van der Waals surface area contributed by atoms with Gasteiger partial charge in [-0.05, 0) is 38.5 Å². The molecule has 0 saturated heterocycles. The van der Waals surface area contributed by atoms with Crippen LogP contribution in [0.1, 0.15) is 38.8 Å². The number of nitrogens with one attached hydrogen (secondary N) is 1.